The summed E-state index contributed by atoms with van der Waals surface area (Å²) in [5.74, 6) is -0.693. The maximum Gasteiger partial charge on any atom is 0.329 e. The molecule has 0 radical (unpaired) electrons. The molecule has 106 valence electrons. The van der Waals surface area contributed by atoms with E-state index in [1.165, 1.54) is 29.4 Å². The lowest BCUT2D eigenvalue weighted by Crippen LogP contribution is -2.46. The number of carbonyl (C=O) groups is 2. The maximum absolute atomic E-state index is 11.5. The minimum absolute atomic E-state index is 0.250. The zero-order valence-corrected chi connectivity index (χ0v) is 12.5. The van der Waals surface area contributed by atoms with Crippen molar-refractivity contribution in [3.05, 3.63) is 21.4 Å². The fraction of sp³-hybridized carbons (Fsp3) is 0.538. The SMILES string of the molecule is COC(=O)C(CNCc1cc(C)c(C)s1)NC(C)=O. The van der Waals surface area contributed by atoms with Gasteiger partial charge in [-0.2, -0.15) is 0 Å². The van der Waals surface area contributed by atoms with E-state index in [2.05, 4.69) is 35.3 Å². The van der Waals surface area contributed by atoms with E-state index < -0.39 is 12.0 Å². The minimum Gasteiger partial charge on any atom is -0.467 e. The number of ether oxygens (including phenoxy) is 1. The Morgan fingerprint density at radius 1 is 1.42 bits per heavy atom. The highest BCUT2D eigenvalue weighted by Gasteiger charge is 2.19. The zero-order valence-electron chi connectivity index (χ0n) is 11.7. The van der Waals surface area contributed by atoms with Gasteiger partial charge in [-0.05, 0) is 25.5 Å². The molecule has 0 saturated carbocycles. The summed E-state index contributed by atoms with van der Waals surface area (Å²) < 4.78 is 4.65. The number of nitrogens with one attached hydrogen (secondary N) is 2. The van der Waals surface area contributed by atoms with Gasteiger partial charge in [0.2, 0.25) is 5.91 Å². The lowest BCUT2D eigenvalue weighted by molar-refractivity contribution is -0.144. The van der Waals surface area contributed by atoms with Crippen LogP contribution < -0.4 is 10.6 Å². The molecule has 1 heterocycles. The average molecular weight is 284 g/mol. The van der Waals surface area contributed by atoms with Gasteiger partial charge in [0.15, 0.2) is 0 Å². The Labute approximate surface area is 117 Å². The van der Waals surface area contributed by atoms with Gasteiger partial charge in [-0.3, -0.25) is 4.79 Å². The Hall–Kier alpha value is -1.40. The van der Waals surface area contributed by atoms with E-state index >= 15 is 0 Å². The van der Waals surface area contributed by atoms with Gasteiger partial charge in [-0.25, -0.2) is 4.79 Å². The summed E-state index contributed by atoms with van der Waals surface area (Å²) in [7, 11) is 1.31. The molecule has 0 fully saturated rings. The van der Waals surface area contributed by atoms with Gasteiger partial charge in [-0.1, -0.05) is 0 Å². The highest BCUT2D eigenvalue weighted by atomic mass is 32.1. The highest BCUT2D eigenvalue weighted by Crippen LogP contribution is 2.20. The molecule has 5 nitrogen and oxygen atoms in total. The number of carbonyl (C=O) groups excluding carboxylic acids is 2. The first kappa shape index (κ1) is 15.7. The van der Waals surface area contributed by atoms with Crippen LogP contribution in [0.4, 0.5) is 0 Å². The number of esters is 1. The second kappa shape index (κ2) is 7.25. The molecule has 1 atom stereocenters. The minimum atomic E-state index is -0.648. The lowest BCUT2D eigenvalue weighted by atomic mass is 10.2. The van der Waals surface area contributed by atoms with Crippen LogP contribution >= 0.6 is 11.3 Å². The summed E-state index contributed by atoms with van der Waals surface area (Å²) >= 11 is 1.73. The summed E-state index contributed by atoms with van der Waals surface area (Å²) in [5.41, 5.74) is 1.27. The molecule has 19 heavy (non-hydrogen) atoms. The number of rotatable bonds is 6. The molecule has 1 amide bonds. The van der Waals surface area contributed by atoms with E-state index in [1.54, 1.807) is 11.3 Å². The average Bonchev–Trinajstić information content (AvgIpc) is 2.66. The van der Waals surface area contributed by atoms with Gasteiger partial charge in [0.25, 0.3) is 0 Å². The molecule has 0 saturated heterocycles. The Balaban J connectivity index is 2.47. The Morgan fingerprint density at radius 3 is 2.58 bits per heavy atom. The fourth-order valence-electron chi connectivity index (χ4n) is 1.66. The van der Waals surface area contributed by atoms with E-state index in [4.69, 9.17) is 0 Å². The molecule has 0 aliphatic rings. The van der Waals surface area contributed by atoms with E-state index in [1.807, 2.05) is 0 Å². The third-order valence-corrected chi connectivity index (χ3v) is 3.88. The molecule has 1 unspecified atom stereocenters. The number of hydrogen-bond donors (Lipinski definition) is 2. The van der Waals surface area contributed by atoms with Crippen molar-refractivity contribution in [2.75, 3.05) is 13.7 Å². The zero-order chi connectivity index (χ0) is 14.4. The molecular weight excluding hydrogens is 264 g/mol. The molecule has 0 aromatic carbocycles. The van der Waals surface area contributed by atoms with Crippen molar-refractivity contribution in [1.29, 1.82) is 0 Å². The first-order chi connectivity index (χ1) is 8.93. The van der Waals surface area contributed by atoms with Crippen LogP contribution in [0.15, 0.2) is 6.07 Å². The normalized spacial score (nSPS) is 12.0. The molecule has 6 heteroatoms. The predicted octanol–water partition coefficient (Wildman–Crippen LogP) is 1.13. The molecule has 0 bridgehead atoms. The number of hydrogen-bond acceptors (Lipinski definition) is 5. The van der Waals surface area contributed by atoms with Crippen molar-refractivity contribution < 1.29 is 14.3 Å². The van der Waals surface area contributed by atoms with Crippen LogP contribution in [0, 0.1) is 13.8 Å². The van der Waals surface area contributed by atoms with Crippen LogP contribution in [0.3, 0.4) is 0 Å². The molecule has 1 aromatic heterocycles. The standard InChI is InChI=1S/C13H20N2O3S/c1-8-5-11(19-9(8)2)6-14-7-12(13(17)18-4)15-10(3)16/h5,12,14H,6-7H2,1-4H3,(H,15,16). The molecule has 1 aromatic rings. The van der Waals surface area contributed by atoms with E-state index in [0.29, 0.717) is 13.1 Å². The second-order valence-electron chi connectivity index (χ2n) is 4.36. The smallest absolute Gasteiger partial charge is 0.329 e. The van der Waals surface area contributed by atoms with Gasteiger partial charge < -0.3 is 15.4 Å². The van der Waals surface area contributed by atoms with Crippen LogP contribution in [0.5, 0.6) is 0 Å². The van der Waals surface area contributed by atoms with E-state index in [9.17, 15) is 9.59 Å². The van der Waals surface area contributed by atoms with Crippen molar-refractivity contribution in [2.45, 2.75) is 33.4 Å². The third-order valence-electron chi connectivity index (χ3n) is 2.73. The molecular formula is C13H20N2O3S. The van der Waals surface area contributed by atoms with Gasteiger partial charge in [0.05, 0.1) is 7.11 Å². The van der Waals surface area contributed by atoms with E-state index in [0.717, 1.165) is 0 Å². The van der Waals surface area contributed by atoms with Crippen LogP contribution in [-0.4, -0.2) is 31.6 Å². The molecule has 0 aliphatic carbocycles. The van der Waals surface area contributed by atoms with E-state index in [-0.39, 0.29) is 5.91 Å². The van der Waals surface area contributed by atoms with Crippen LogP contribution in [0.2, 0.25) is 0 Å². The Kier molecular flexibility index (Phi) is 5.98. The number of amides is 1. The predicted molar refractivity (Wildman–Crippen MR) is 75.1 cm³/mol. The first-order valence-electron chi connectivity index (χ1n) is 6.05. The first-order valence-corrected chi connectivity index (χ1v) is 6.87. The van der Waals surface area contributed by atoms with Crippen molar-refractivity contribution >= 4 is 23.2 Å². The van der Waals surface area contributed by atoms with Crippen LogP contribution in [0.25, 0.3) is 0 Å². The summed E-state index contributed by atoms with van der Waals surface area (Å²) in [6.07, 6.45) is 0. The summed E-state index contributed by atoms with van der Waals surface area (Å²) in [5, 5.41) is 5.72. The molecule has 1 rings (SSSR count). The molecule has 2 N–H and O–H groups in total. The number of methoxy groups -OCH3 is 1. The lowest BCUT2D eigenvalue weighted by Gasteiger charge is -2.15. The Morgan fingerprint density at radius 2 is 2.11 bits per heavy atom. The number of aryl methyl sites for hydroxylation is 2. The van der Waals surface area contributed by atoms with Crippen molar-refractivity contribution in [3.8, 4) is 0 Å². The third kappa shape index (κ3) is 5.00. The van der Waals surface area contributed by atoms with Gasteiger partial charge in [0, 0.05) is 29.8 Å². The van der Waals surface area contributed by atoms with Gasteiger partial charge in [-0.15, -0.1) is 11.3 Å². The second-order valence-corrected chi connectivity index (χ2v) is 5.70. The quantitative estimate of drug-likeness (QED) is 0.769. The van der Waals surface area contributed by atoms with Crippen molar-refractivity contribution in [2.24, 2.45) is 0 Å². The summed E-state index contributed by atoms with van der Waals surface area (Å²) in [6.45, 7) is 6.55. The fourth-order valence-corrected chi connectivity index (χ4v) is 2.68. The highest BCUT2D eigenvalue weighted by molar-refractivity contribution is 7.12. The summed E-state index contributed by atoms with van der Waals surface area (Å²) in [4.78, 5) is 25.0. The maximum atomic E-state index is 11.5. The van der Waals surface area contributed by atoms with Crippen molar-refractivity contribution in [1.82, 2.24) is 10.6 Å². The molecule has 0 aliphatic heterocycles. The topological polar surface area (TPSA) is 67.4 Å². The largest absolute Gasteiger partial charge is 0.467 e. The summed E-state index contributed by atoms with van der Waals surface area (Å²) in [6, 6.07) is 1.48. The van der Waals surface area contributed by atoms with Crippen LogP contribution in [0.1, 0.15) is 22.2 Å². The molecule has 0 spiro atoms. The van der Waals surface area contributed by atoms with Crippen molar-refractivity contribution in [3.63, 3.8) is 0 Å². The monoisotopic (exact) mass is 284 g/mol. The number of thiophene rings is 1. The van der Waals surface area contributed by atoms with Gasteiger partial charge >= 0.3 is 5.97 Å². The van der Waals surface area contributed by atoms with Crippen LogP contribution in [-0.2, 0) is 20.9 Å². The van der Waals surface area contributed by atoms with Gasteiger partial charge in [0.1, 0.15) is 6.04 Å². The Bertz CT molecular complexity index is 437.